The average molecular weight is 293 g/mol. The lowest BCUT2D eigenvalue weighted by Gasteiger charge is -2.08. The van der Waals surface area contributed by atoms with Crippen LogP contribution in [0.1, 0.15) is 27.0 Å². The zero-order valence-corrected chi connectivity index (χ0v) is 12.3. The lowest BCUT2D eigenvalue weighted by atomic mass is 10.0. The number of aryl methyl sites for hydroxylation is 2. The van der Waals surface area contributed by atoms with Gasteiger partial charge in [0.15, 0.2) is 5.78 Å². The molecule has 0 aliphatic heterocycles. The number of Topliss-reactive ketones (excluding diaryl/α,β-unsaturated/α-hetero) is 1. The molecule has 0 aliphatic carbocycles. The number of ketones is 1. The fraction of sp³-hybridized carbons (Fsp3) is 0.188. The van der Waals surface area contributed by atoms with Gasteiger partial charge in [0, 0.05) is 17.0 Å². The van der Waals surface area contributed by atoms with Crippen molar-refractivity contribution in [2.45, 2.75) is 20.3 Å². The second-order valence-corrected chi connectivity index (χ2v) is 5.42. The van der Waals surface area contributed by atoms with E-state index in [0.717, 1.165) is 16.7 Å². The highest BCUT2D eigenvalue weighted by Crippen LogP contribution is 2.24. The first-order valence-corrected chi connectivity index (χ1v) is 6.78. The smallest absolute Gasteiger partial charge is 0.168 e. The molecule has 2 aromatic rings. The summed E-state index contributed by atoms with van der Waals surface area (Å²) in [5.41, 5.74) is 3.37. The number of hydrogen-bond acceptors (Lipinski definition) is 1. The maximum Gasteiger partial charge on any atom is 0.168 e. The Kier molecular flexibility index (Phi) is 4.28. The summed E-state index contributed by atoms with van der Waals surface area (Å²) in [6.45, 7) is 3.85. The zero-order valence-electron chi connectivity index (χ0n) is 10.8. The lowest BCUT2D eigenvalue weighted by molar-refractivity contribution is 0.0993. The molecule has 0 radical (unpaired) electrons. The predicted molar refractivity (Wildman–Crippen MR) is 80.4 cm³/mol. The molecule has 3 heteroatoms. The molecular formula is C16H14Cl2O. The third kappa shape index (κ3) is 3.17. The normalized spacial score (nSPS) is 10.5. The molecule has 2 rings (SSSR count). The van der Waals surface area contributed by atoms with Crippen molar-refractivity contribution < 1.29 is 4.79 Å². The molecule has 0 aliphatic rings. The lowest BCUT2D eigenvalue weighted by Crippen LogP contribution is -2.05. The maximum absolute atomic E-state index is 12.3. The fourth-order valence-electron chi connectivity index (χ4n) is 1.93. The van der Waals surface area contributed by atoms with E-state index in [9.17, 15) is 4.79 Å². The average Bonchev–Trinajstić information content (AvgIpc) is 2.36. The largest absolute Gasteiger partial charge is 0.294 e. The van der Waals surface area contributed by atoms with Gasteiger partial charge in [0.1, 0.15) is 0 Å². The van der Waals surface area contributed by atoms with Crippen molar-refractivity contribution in [3.05, 3.63) is 68.7 Å². The van der Waals surface area contributed by atoms with Crippen LogP contribution in [0.15, 0.2) is 36.4 Å². The van der Waals surface area contributed by atoms with Crippen LogP contribution in [0.5, 0.6) is 0 Å². The van der Waals surface area contributed by atoms with Crippen LogP contribution in [-0.4, -0.2) is 5.78 Å². The van der Waals surface area contributed by atoms with Crippen molar-refractivity contribution in [2.75, 3.05) is 0 Å². The summed E-state index contributed by atoms with van der Waals surface area (Å²) in [7, 11) is 0. The van der Waals surface area contributed by atoms with Crippen LogP contribution in [0.2, 0.25) is 10.0 Å². The second kappa shape index (κ2) is 5.77. The number of rotatable bonds is 3. The van der Waals surface area contributed by atoms with Crippen LogP contribution in [0, 0.1) is 13.8 Å². The van der Waals surface area contributed by atoms with Gasteiger partial charge >= 0.3 is 0 Å². The van der Waals surface area contributed by atoms with Crippen LogP contribution in [0.4, 0.5) is 0 Å². The third-order valence-corrected chi connectivity index (χ3v) is 3.91. The third-order valence-electron chi connectivity index (χ3n) is 3.05. The second-order valence-electron chi connectivity index (χ2n) is 4.63. The van der Waals surface area contributed by atoms with E-state index in [0.29, 0.717) is 15.6 Å². The highest BCUT2D eigenvalue weighted by atomic mass is 35.5. The Morgan fingerprint density at radius 2 is 1.84 bits per heavy atom. The van der Waals surface area contributed by atoms with Gasteiger partial charge in [-0.25, -0.2) is 0 Å². The van der Waals surface area contributed by atoms with E-state index in [-0.39, 0.29) is 12.2 Å². The topological polar surface area (TPSA) is 17.1 Å². The summed E-state index contributed by atoms with van der Waals surface area (Å²) in [5.74, 6) is -0.0144. The molecule has 0 fully saturated rings. The highest BCUT2D eigenvalue weighted by Gasteiger charge is 2.13. The SMILES string of the molecule is Cc1ccc(CC(=O)c2cccc(C)c2Cl)c(Cl)c1. The number of halogens is 2. The molecular weight excluding hydrogens is 279 g/mol. The van der Waals surface area contributed by atoms with E-state index >= 15 is 0 Å². The molecule has 2 aromatic carbocycles. The molecule has 0 atom stereocenters. The standard InChI is InChI=1S/C16H14Cl2O/c1-10-6-7-12(14(17)8-10)9-15(19)13-5-3-4-11(2)16(13)18/h3-8H,9H2,1-2H3. The van der Waals surface area contributed by atoms with Gasteiger partial charge in [-0.05, 0) is 42.7 Å². The first-order valence-electron chi connectivity index (χ1n) is 6.02. The van der Waals surface area contributed by atoms with E-state index in [1.54, 1.807) is 6.07 Å². The minimum atomic E-state index is -0.0144. The van der Waals surface area contributed by atoms with Gasteiger partial charge in [0.2, 0.25) is 0 Å². The molecule has 0 saturated heterocycles. The van der Waals surface area contributed by atoms with E-state index in [1.807, 2.05) is 44.2 Å². The van der Waals surface area contributed by atoms with Crippen molar-refractivity contribution in [3.8, 4) is 0 Å². The minimum absolute atomic E-state index is 0.0144. The highest BCUT2D eigenvalue weighted by molar-refractivity contribution is 6.35. The van der Waals surface area contributed by atoms with Crippen molar-refractivity contribution in [2.24, 2.45) is 0 Å². The van der Waals surface area contributed by atoms with Gasteiger partial charge in [-0.1, -0.05) is 47.5 Å². The van der Waals surface area contributed by atoms with Gasteiger partial charge < -0.3 is 0 Å². The van der Waals surface area contributed by atoms with Gasteiger partial charge in [0.05, 0.1) is 5.02 Å². The molecule has 0 unspecified atom stereocenters. The maximum atomic E-state index is 12.3. The molecule has 0 saturated carbocycles. The van der Waals surface area contributed by atoms with Gasteiger partial charge in [-0.3, -0.25) is 4.79 Å². The molecule has 0 amide bonds. The Labute approximate surface area is 123 Å². The molecule has 0 N–H and O–H groups in total. The van der Waals surface area contributed by atoms with Crippen molar-refractivity contribution >= 4 is 29.0 Å². The van der Waals surface area contributed by atoms with Gasteiger partial charge in [-0.2, -0.15) is 0 Å². The fourth-order valence-corrected chi connectivity index (χ4v) is 2.46. The van der Waals surface area contributed by atoms with Crippen molar-refractivity contribution in [1.29, 1.82) is 0 Å². The van der Waals surface area contributed by atoms with Gasteiger partial charge in [-0.15, -0.1) is 0 Å². The van der Waals surface area contributed by atoms with E-state index in [1.165, 1.54) is 0 Å². The summed E-state index contributed by atoms with van der Waals surface area (Å²) in [4.78, 5) is 12.3. The van der Waals surface area contributed by atoms with Crippen molar-refractivity contribution in [1.82, 2.24) is 0 Å². The zero-order chi connectivity index (χ0) is 14.0. The summed E-state index contributed by atoms with van der Waals surface area (Å²) in [5, 5.41) is 1.15. The monoisotopic (exact) mass is 292 g/mol. The Balaban J connectivity index is 2.28. The van der Waals surface area contributed by atoms with Crippen LogP contribution in [-0.2, 0) is 6.42 Å². The number of carbonyl (C=O) groups excluding carboxylic acids is 1. The minimum Gasteiger partial charge on any atom is -0.294 e. The Morgan fingerprint density at radius 3 is 2.53 bits per heavy atom. The molecule has 0 heterocycles. The summed E-state index contributed by atoms with van der Waals surface area (Å²) < 4.78 is 0. The van der Waals surface area contributed by atoms with Crippen LogP contribution >= 0.6 is 23.2 Å². The summed E-state index contributed by atoms with van der Waals surface area (Å²) >= 11 is 12.3. The first kappa shape index (κ1) is 14.1. The molecule has 0 spiro atoms. The quantitative estimate of drug-likeness (QED) is 0.725. The van der Waals surface area contributed by atoms with Crippen LogP contribution in [0.25, 0.3) is 0 Å². The molecule has 98 valence electrons. The Morgan fingerprint density at radius 1 is 1.11 bits per heavy atom. The summed E-state index contributed by atoms with van der Waals surface area (Å²) in [6, 6.07) is 11.2. The number of benzene rings is 2. The Bertz CT molecular complexity index is 633. The molecule has 1 nitrogen and oxygen atoms in total. The molecule has 19 heavy (non-hydrogen) atoms. The van der Waals surface area contributed by atoms with Crippen LogP contribution in [0.3, 0.4) is 0 Å². The van der Waals surface area contributed by atoms with E-state index < -0.39 is 0 Å². The Hall–Kier alpha value is -1.31. The molecule has 0 bridgehead atoms. The first-order chi connectivity index (χ1) is 8.99. The molecule has 0 aromatic heterocycles. The van der Waals surface area contributed by atoms with E-state index in [2.05, 4.69) is 0 Å². The van der Waals surface area contributed by atoms with Gasteiger partial charge in [0.25, 0.3) is 0 Å². The van der Waals surface area contributed by atoms with E-state index in [4.69, 9.17) is 23.2 Å². The predicted octanol–water partition coefficient (Wildman–Crippen LogP) is 5.04. The number of carbonyl (C=O) groups is 1. The van der Waals surface area contributed by atoms with Crippen LogP contribution < -0.4 is 0 Å². The number of hydrogen-bond donors (Lipinski definition) is 0. The van der Waals surface area contributed by atoms with Crippen molar-refractivity contribution in [3.63, 3.8) is 0 Å². The summed E-state index contributed by atoms with van der Waals surface area (Å²) in [6.07, 6.45) is 0.266.